The highest BCUT2D eigenvalue weighted by atomic mass is 32.1. The summed E-state index contributed by atoms with van der Waals surface area (Å²) in [5.41, 5.74) is 2.42. The first-order valence-corrected chi connectivity index (χ1v) is 12.9. The van der Waals surface area contributed by atoms with E-state index in [-0.39, 0.29) is 16.9 Å². The summed E-state index contributed by atoms with van der Waals surface area (Å²) in [6, 6.07) is 9.92. The lowest BCUT2D eigenvalue weighted by molar-refractivity contribution is 0.0950. The van der Waals surface area contributed by atoms with E-state index in [1.165, 1.54) is 24.2 Å². The molecule has 9 heteroatoms. The fraction of sp³-hybridized carbons (Fsp3) is 0.400. The first kappa shape index (κ1) is 21.5. The van der Waals surface area contributed by atoms with Gasteiger partial charge in [0.05, 0.1) is 21.3 Å². The van der Waals surface area contributed by atoms with Gasteiger partial charge in [-0.05, 0) is 44.1 Å². The lowest BCUT2D eigenvalue weighted by Gasteiger charge is -2.30. The number of thiazole rings is 1. The molecule has 0 unspecified atom stereocenters. The van der Waals surface area contributed by atoms with Crippen molar-refractivity contribution >= 4 is 49.0 Å². The van der Waals surface area contributed by atoms with Gasteiger partial charge in [0.15, 0.2) is 5.65 Å². The number of fused-ring (bicyclic) bond motifs is 5. The molecule has 1 aromatic carbocycles. The van der Waals surface area contributed by atoms with Gasteiger partial charge in [0.1, 0.15) is 10.4 Å². The second-order valence-corrected chi connectivity index (χ2v) is 10.0. The van der Waals surface area contributed by atoms with Gasteiger partial charge in [-0.1, -0.05) is 12.1 Å². The van der Waals surface area contributed by atoms with Gasteiger partial charge in [-0.3, -0.25) is 14.0 Å². The average Bonchev–Trinajstić information content (AvgIpc) is 3.52. The number of hydrogen-bond acceptors (Lipinski definition) is 7. The number of benzene rings is 1. The Morgan fingerprint density at radius 3 is 2.71 bits per heavy atom. The van der Waals surface area contributed by atoms with E-state index in [9.17, 15) is 9.59 Å². The summed E-state index contributed by atoms with van der Waals surface area (Å²) < 4.78 is 3.02. The summed E-state index contributed by atoms with van der Waals surface area (Å²) in [4.78, 5) is 37.3. The lowest BCUT2D eigenvalue weighted by atomic mass is 10.1. The normalized spacial score (nSPS) is 17.2. The monoisotopic (exact) mass is 476 g/mol. The molecule has 0 spiro atoms. The van der Waals surface area contributed by atoms with Crippen LogP contribution >= 0.6 is 11.3 Å². The number of hydrogen-bond donors (Lipinski definition) is 2. The molecule has 176 valence electrons. The second-order valence-electron chi connectivity index (χ2n) is 8.98. The van der Waals surface area contributed by atoms with Crippen LogP contribution in [0.5, 0.6) is 0 Å². The molecule has 34 heavy (non-hydrogen) atoms. The zero-order chi connectivity index (χ0) is 23.1. The van der Waals surface area contributed by atoms with Crippen molar-refractivity contribution in [2.45, 2.75) is 12.8 Å². The SMILES string of the molecule is O=C(NCCN1CCCC1)c1c(=O)c2c(N3CCNCC3)ccnc2n2c1sc1ccccc12. The van der Waals surface area contributed by atoms with Crippen LogP contribution in [0.15, 0.2) is 41.3 Å². The molecule has 0 saturated carbocycles. The molecule has 0 bridgehead atoms. The smallest absolute Gasteiger partial charge is 0.258 e. The molecular formula is C25H28N6O2S. The number of nitrogens with one attached hydrogen (secondary N) is 2. The highest BCUT2D eigenvalue weighted by molar-refractivity contribution is 7.24. The molecule has 2 aliphatic rings. The van der Waals surface area contributed by atoms with Crippen LogP contribution < -0.4 is 21.0 Å². The maximum absolute atomic E-state index is 14.0. The van der Waals surface area contributed by atoms with Crippen LogP contribution in [0.4, 0.5) is 5.69 Å². The number of rotatable bonds is 5. The standard InChI is InChI=1S/C25H28N6O2S/c32-22-20-18(30-15-9-26-10-16-30)7-8-27-23(20)31-17-5-1-2-6-19(17)34-25(31)21(22)24(33)28-11-14-29-12-3-4-13-29/h1-2,5-8,26H,3-4,9-16H2,(H,28,33). The summed E-state index contributed by atoms with van der Waals surface area (Å²) in [6.45, 7) is 6.83. The van der Waals surface area contributed by atoms with Gasteiger partial charge in [0, 0.05) is 45.5 Å². The van der Waals surface area contributed by atoms with Gasteiger partial charge in [0.25, 0.3) is 5.91 Å². The quantitative estimate of drug-likeness (QED) is 0.460. The van der Waals surface area contributed by atoms with E-state index in [4.69, 9.17) is 0 Å². The Hall–Kier alpha value is -3.01. The molecule has 5 heterocycles. The number of anilines is 1. The van der Waals surface area contributed by atoms with Gasteiger partial charge in [-0.25, -0.2) is 4.98 Å². The molecule has 8 nitrogen and oxygen atoms in total. The van der Waals surface area contributed by atoms with Crippen molar-refractivity contribution in [3.63, 3.8) is 0 Å². The van der Waals surface area contributed by atoms with Gasteiger partial charge < -0.3 is 20.4 Å². The number of pyridine rings is 2. The van der Waals surface area contributed by atoms with E-state index in [0.29, 0.717) is 22.4 Å². The number of para-hydroxylation sites is 1. The minimum atomic E-state index is -0.301. The third kappa shape index (κ3) is 3.64. The maximum atomic E-state index is 14.0. The van der Waals surface area contributed by atoms with E-state index in [0.717, 1.165) is 61.7 Å². The minimum absolute atomic E-state index is 0.222. The van der Waals surface area contributed by atoms with Gasteiger partial charge in [-0.15, -0.1) is 11.3 Å². The number of amides is 1. The number of nitrogens with zero attached hydrogens (tertiary/aromatic N) is 4. The van der Waals surface area contributed by atoms with Gasteiger partial charge in [-0.2, -0.15) is 0 Å². The molecule has 2 N–H and O–H groups in total. The van der Waals surface area contributed by atoms with Gasteiger partial charge in [0.2, 0.25) is 5.43 Å². The molecular weight excluding hydrogens is 448 g/mol. The fourth-order valence-corrected chi connectivity index (χ4v) is 6.38. The Labute approximate surface area is 201 Å². The maximum Gasteiger partial charge on any atom is 0.258 e. The van der Waals surface area contributed by atoms with Gasteiger partial charge >= 0.3 is 0 Å². The number of carbonyl (C=O) groups is 1. The molecule has 2 fully saturated rings. The molecule has 6 rings (SSSR count). The Kier molecular flexibility index (Phi) is 5.68. The highest BCUT2D eigenvalue weighted by Gasteiger charge is 2.26. The summed E-state index contributed by atoms with van der Waals surface area (Å²) in [5.74, 6) is -0.301. The third-order valence-corrected chi connectivity index (χ3v) is 8.05. The van der Waals surface area contributed by atoms with Crippen LogP contribution in [-0.4, -0.2) is 72.5 Å². The molecule has 2 aliphatic heterocycles. The van der Waals surface area contributed by atoms with E-state index < -0.39 is 0 Å². The van der Waals surface area contributed by atoms with Crippen molar-refractivity contribution in [2.24, 2.45) is 0 Å². The zero-order valence-electron chi connectivity index (χ0n) is 19.0. The van der Waals surface area contributed by atoms with Crippen molar-refractivity contribution < 1.29 is 4.79 Å². The molecule has 2 saturated heterocycles. The summed E-state index contributed by atoms with van der Waals surface area (Å²) in [7, 11) is 0. The second kappa shape index (κ2) is 8.98. The highest BCUT2D eigenvalue weighted by Crippen LogP contribution is 2.33. The number of likely N-dealkylation sites (tertiary alicyclic amines) is 1. The predicted octanol–water partition coefficient (Wildman–Crippen LogP) is 2.30. The molecule has 0 aliphatic carbocycles. The molecule has 0 radical (unpaired) electrons. The first-order valence-electron chi connectivity index (χ1n) is 12.0. The number of piperazine rings is 1. The lowest BCUT2D eigenvalue weighted by Crippen LogP contribution is -2.44. The van der Waals surface area contributed by atoms with E-state index in [1.807, 2.05) is 34.7 Å². The molecule has 3 aromatic heterocycles. The van der Waals surface area contributed by atoms with Crippen LogP contribution in [0.25, 0.3) is 26.1 Å². The summed E-state index contributed by atoms with van der Waals surface area (Å²) in [5, 5.41) is 6.92. The summed E-state index contributed by atoms with van der Waals surface area (Å²) in [6.07, 6.45) is 4.20. The van der Waals surface area contributed by atoms with E-state index >= 15 is 0 Å². The van der Waals surface area contributed by atoms with Crippen LogP contribution in [0, 0.1) is 0 Å². The fourth-order valence-electron chi connectivity index (χ4n) is 5.20. The zero-order valence-corrected chi connectivity index (χ0v) is 19.9. The largest absolute Gasteiger partial charge is 0.368 e. The topological polar surface area (TPSA) is 82.0 Å². The van der Waals surface area contributed by atoms with Crippen LogP contribution in [0.1, 0.15) is 23.2 Å². The first-order chi connectivity index (χ1) is 16.7. The summed E-state index contributed by atoms with van der Waals surface area (Å²) >= 11 is 1.47. The third-order valence-electron chi connectivity index (χ3n) is 6.90. The van der Waals surface area contributed by atoms with E-state index in [1.54, 1.807) is 6.20 Å². The Bertz CT molecular complexity index is 1430. The predicted molar refractivity (Wildman–Crippen MR) is 137 cm³/mol. The average molecular weight is 477 g/mol. The number of aromatic nitrogens is 2. The van der Waals surface area contributed by atoms with Crippen LogP contribution in [-0.2, 0) is 0 Å². The molecule has 1 amide bonds. The number of carbonyl (C=O) groups excluding carboxylic acids is 1. The van der Waals surface area contributed by atoms with Crippen molar-refractivity contribution in [3.8, 4) is 0 Å². The van der Waals surface area contributed by atoms with E-state index in [2.05, 4.69) is 25.4 Å². The Morgan fingerprint density at radius 1 is 1.09 bits per heavy atom. The Morgan fingerprint density at radius 2 is 1.88 bits per heavy atom. The molecule has 0 atom stereocenters. The van der Waals surface area contributed by atoms with Crippen LogP contribution in [0.3, 0.4) is 0 Å². The Balaban J connectivity index is 1.52. The van der Waals surface area contributed by atoms with Crippen LogP contribution in [0.2, 0.25) is 0 Å². The minimum Gasteiger partial charge on any atom is -0.368 e. The van der Waals surface area contributed by atoms with Crippen molar-refractivity contribution in [2.75, 3.05) is 57.3 Å². The molecule has 4 aromatic rings. The van der Waals surface area contributed by atoms with Crippen molar-refractivity contribution in [1.82, 2.24) is 24.9 Å². The van der Waals surface area contributed by atoms with Crippen molar-refractivity contribution in [3.05, 3.63) is 52.3 Å². The van der Waals surface area contributed by atoms with Crippen molar-refractivity contribution in [1.29, 1.82) is 0 Å².